The van der Waals surface area contributed by atoms with Crippen molar-refractivity contribution in [3.8, 4) is 5.75 Å². The molecule has 0 bridgehead atoms. The summed E-state index contributed by atoms with van der Waals surface area (Å²) in [7, 11) is -3.82. The summed E-state index contributed by atoms with van der Waals surface area (Å²) in [6.45, 7) is 7.50. The Morgan fingerprint density at radius 1 is 1.00 bits per heavy atom. The van der Waals surface area contributed by atoms with E-state index in [-0.39, 0.29) is 24.2 Å². The number of hydrogen-bond acceptors (Lipinski definition) is 5. The monoisotopic (exact) mass is 503 g/mol. The number of ether oxygens (including phenoxy) is 1. The Morgan fingerprint density at radius 2 is 1.63 bits per heavy atom. The quantitative estimate of drug-likeness (QED) is 0.453. The molecule has 35 heavy (non-hydrogen) atoms. The van der Waals surface area contributed by atoms with E-state index in [1.54, 1.807) is 38.1 Å². The van der Waals surface area contributed by atoms with Crippen LogP contribution in [0, 0.1) is 0 Å². The van der Waals surface area contributed by atoms with Crippen molar-refractivity contribution in [3.05, 3.63) is 60.2 Å². The number of nitrogens with zero attached hydrogens (tertiary/aromatic N) is 2. The molecule has 0 aliphatic rings. The smallest absolute Gasteiger partial charge is 0.244 e. The van der Waals surface area contributed by atoms with Crippen molar-refractivity contribution < 1.29 is 22.7 Å². The van der Waals surface area contributed by atoms with Gasteiger partial charge in [0.25, 0.3) is 0 Å². The van der Waals surface area contributed by atoms with Crippen LogP contribution in [0.5, 0.6) is 5.75 Å². The fourth-order valence-corrected chi connectivity index (χ4v) is 4.42. The molecule has 2 aromatic carbocycles. The number of sulfonamides is 1. The van der Waals surface area contributed by atoms with Crippen LogP contribution >= 0.6 is 0 Å². The van der Waals surface area contributed by atoms with Gasteiger partial charge < -0.3 is 15.0 Å². The molecule has 0 aliphatic heterocycles. The van der Waals surface area contributed by atoms with Gasteiger partial charge in [0.1, 0.15) is 18.3 Å². The van der Waals surface area contributed by atoms with E-state index in [0.29, 0.717) is 18.8 Å². The number of nitrogens with one attached hydrogen (secondary N) is 1. The lowest BCUT2D eigenvalue weighted by atomic mass is 10.1. The predicted molar refractivity (Wildman–Crippen MR) is 139 cm³/mol. The van der Waals surface area contributed by atoms with Crippen LogP contribution in [0.4, 0.5) is 5.69 Å². The molecule has 2 rings (SSSR count). The van der Waals surface area contributed by atoms with Gasteiger partial charge in [-0.3, -0.25) is 13.9 Å². The zero-order valence-electron chi connectivity index (χ0n) is 21.2. The summed E-state index contributed by atoms with van der Waals surface area (Å²) < 4.78 is 32.1. The Labute approximate surface area is 209 Å². The van der Waals surface area contributed by atoms with E-state index >= 15 is 0 Å². The van der Waals surface area contributed by atoms with Gasteiger partial charge in [0.2, 0.25) is 21.8 Å². The maximum Gasteiger partial charge on any atom is 0.244 e. The molecule has 0 spiro atoms. The second-order valence-electron chi connectivity index (χ2n) is 8.49. The highest BCUT2D eigenvalue weighted by atomic mass is 32.2. The van der Waals surface area contributed by atoms with Crippen molar-refractivity contribution in [1.29, 1.82) is 0 Å². The van der Waals surface area contributed by atoms with Crippen molar-refractivity contribution in [1.82, 2.24) is 10.2 Å². The summed E-state index contributed by atoms with van der Waals surface area (Å²) in [5.74, 6) is -0.377. The highest BCUT2D eigenvalue weighted by molar-refractivity contribution is 7.92. The predicted octanol–water partition coefficient (Wildman–Crippen LogP) is 3.23. The number of rotatable bonds is 13. The number of benzene rings is 2. The number of anilines is 1. The first-order chi connectivity index (χ1) is 16.6. The minimum atomic E-state index is -3.82. The number of amides is 2. The fourth-order valence-electron chi connectivity index (χ4n) is 3.57. The molecule has 2 aromatic rings. The lowest BCUT2D eigenvalue weighted by Gasteiger charge is -2.32. The second kappa shape index (κ2) is 13.1. The summed E-state index contributed by atoms with van der Waals surface area (Å²) in [6, 6.07) is 15.5. The highest BCUT2D eigenvalue weighted by Gasteiger charge is 2.31. The van der Waals surface area contributed by atoms with Crippen LogP contribution < -0.4 is 14.4 Å². The molecule has 0 aliphatic carbocycles. The number of carbonyl (C=O) groups excluding carboxylic acids is 2. The maximum atomic E-state index is 13.6. The van der Waals surface area contributed by atoms with Crippen molar-refractivity contribution >= 4 is 27.5 Å². The molecule has 0 unspecified atom stereocenters. The van der Waals surface area contributed by atoms with Crippen molar-refractivity contribution in [2.75, 3.05) is 30.3 Å². The second-order valence-corrected chi connectivity index (χ2v) is 10.4. The van der Waals surface area contributed by atoms with Gasteiger partial charge in [-0.1, -0.05) is 49.4 Å². The molecule has 0 saturated carbocycles. The summed E-state index contributed by atoms with van der Waals surface area (Å²) in [5.41, 5.74) is 1.30. The van der Waals surface area contributed by atoms with E-state index in [9.17, 15) is 18.0 Å². The Kier molecular flexibility index (Phi) is 10.6. The molecule has 0 fully saturated rings. The van der Waals surface area contributed by atoms with Crippen molar-refractivity contribution in [3.63, 3.8) is 0 Å². The minimum absolute atomic E-state index is 0.0402. The van der Waals surface area contributed by atoms with Gasteiger partial charge in [0.05, 0.1) is 18.6 Å². The molecule has 9 heteroatoms. The van der Waals surface area contributed by atoms with E-state index < -0.39 is 28.5 Å². The normalized spacial score (nSPS) is 12.9. The minimum Gasteiger partial charge on any atom is -0.492 e. The van der Waals surface area contributed by atoms with Gasteiger partial charge in [-0.2, -0.15) is 0 Å². The summed E-state index contributed by atoms with van der Waals surface area (Å²) >= 11 is 0. The third-order valence-electron chi connectivity index (χ3n) is 5.77. The Hall–Kier alpha value is -3.07. The number of carbonyl (C=O) groups is 2. The van der Waals surface area contributed by atoms with Crippen LogP contribution in [0.15, 0.2) is 54.6 Å². The standard InChI is InChI=1S/C26H37N3O5S/c1-6-20(3)27-26(31)21(4)28(18-17-22-13-9-8-10-14-22)25(30)19-29(35(5,32)33)23-15-11-12-16-24(23)34-7-2/h8-16,20-21H,6-7,17-19H2,1-5H3,(H,27,31)/t20-,21-/m0/s1. The first-order valence-corrected chi connectivity index (χ1v) is 13.8. The van der Waals surface area contributed by atoms with Crippen LogP contribution in [0.3, 0.4) is 0 Å². The number of para-hydroxylation sites is 2. The van der Waals surface area contributed by atoms with Crippen LogP contribution in [0.25, 0.3) is 0 Å². The molecule has 0 saturated heterocycles. The molecular formula is C26H37N3O5S. The van der Waals surface area contributed by atoms with E-state index in [1.807, 2.05) is 44.2 Å². The van der Waals surface area contributed by atoms with Gasteiger partial charge >= 0.3 is 0 Å². The van der Waals surface area contributed by atoms with E-state index in [2.05, 4.69) is 5.32 Å². The summed E-state index contributed by atoms with van der Waals surface area (Å²) in [5, 5.41) is 2.92. The van der Waals surface area contributed by atoms with Gasteiger partial charge in [0, 0.05) is 12.6 Å². The number of hydrogen-bond donors (Lipinski definition) is 1. The average Bonchev–Trinajstić information content (AvgIpc) is 2.83. The highest BCUT2D eigenvalue weighted by Crippen LogP contribution is 2.30. The van der Waals surface area contributed by atoms with Crippen molar-refractivity contribution in [2.24, 2.45) is 0 Å². The lowest BCUT2D eigenvalue weighted by Crippen LogP contribution is -2.53. The lowest BCUT2D eigenvalue weighted by molar-refractivity contribution is -0.139. The topological polar surface area (TPSA) is 96.0 Å². The van der Waals surface area contributed by atoms with Gasteiger partial charge in [-0.15, -0.1) is 0 Å². The van der Waals surface area contributed by atoms with Crippen LogP contribution in [0.2, 0.25) is 0 Å². The molecule has 0 radical (unpaired) electrons. The third kappa shape index (κ3) is 8.28. The SMILES string of the molecule is CCOc1ccccc1N(CC(=O)N(CCc1ccccc1)[C@@H](C)C(=O)N[C@@H](C)CC)S(C)(=O)=O. The molecule has 2 atom stereocenters. The first kappa shape index (κ1) is 28.2. The first-order valence-electron chi connectivity index (χ1n) is 11.9. The van der Waals surface area contributed by atoms with Crippen LogP contribution in [-0.2, 0) is 26.0 Å². The molecule has 0 heterocycles. The summed E-state index contributed by atoms with van der Waals surface area (Å²) in [4.78, 5) is 27.9. The maximum absolute atomic E-state index is 13.6. The average molecular weight is 504 g/mol. The van der Waals surface area contributed by atoms with Crippen LogP contribution in [-0.4, -0.2) is 63.2 Å². The van der Waals surface area contributed by atoms with E-state index in [0.717, 1.165) is 22.5 Å². The Morgan fingerprint density at radius 3 is 2.23 bits per heavy atom. The van der Waals surface area contributed by atoms with Crippen LogP contribution in [0.1, 0.15) is 39.7 Å². The van der Waals surface area contributed by atoms with Gasteiger partial charge in [0.15, 0.2) is 0 Å². The fraction of sp³-hybridized carbons (Fsp3) is 0.462. The van der Waals surface area contributed by atoms with E-state index in [1.165, 1.54) is 4.90 Å². The molecule has 2 amide bonds. The third-order valence-corrected chi connectivity index (χ3v) is 6.89. The van der Waals surface area contributed by atoms with Crippen molar-refractivity contribution in [2.45, 2.75) is 52.6 Å². The van der Waals surface area contributed by atoms with E-state index in [4.69, 9.17) is 4.74 Å². The molecule has 1 N–H and O–H groups in total. The van der Waals surface area contributed by atoms with Gasteiger partial charge in [-0.25, -0.2) is 8.42 Å². The van der Waals surface area contributed by atoms with Gasteiger partial charge in [-0.05, 0) is 51.3 Å². The summed E-state index contributed by atoms with van der Waals surface area (Å²) in [6.07, 6.45) is 2.34. The zero-order valence-corrected chi connectivity index (χ0v) is 22.0. The largest absolute Gasteiger partial charge is 0.492 e. The Bertz CT molecular complexity index is 1080. The molecular weight excluding hydrogens is 466 g/mol. The Balaban J connectivity index is 2.35. The molecule has 0 aromatic heterocycles. The molecule has 8 nitrogen and oxygen atoms in total. The molecule has 192 valence electrons. The zero-order chi connectivity index (χ0) is 26.0.